The lowest BCUT2D eigenvalue weighted by Crippen LogP contribution is -2.08. The molecule has 32 heavy (non-hydrogen) atoms. The van der Waals surface area contributed by atoms with Crippen LogP contribution in [-0.2, 0) is 6.18 Å². The molecule has 0 amide bonds. The number of ether oxygens (including phenoxy) is 1. The molecule has 0 aliphatic heterocycles. The number of hydrazone groups is 1. The van der Waals surface area contributed by atoms with E-state index in [1.807, 2.05) is 12.1 Å². The van der Waals surface area contributed by atoms with Gasteiger partial charge in [0.1, 0.15) is 5.75 Å². The molecule has 1 aromatic heterocycles. The summed E-state index contributed by atoms with van der Waals surface area (Å²) in [6.45, 7) is 0. The van der Waals surface area contributed by atoms with E-state index in [0.717, 1.165) is 22.2 Å². The maximum absolute atomic E-state index is 12.9. The number of nitrogens with one attached hydrogen (secondary N) is 3. The number of alkyl halides is 3. The molecular weight excluding hydrogens is 515 g/mol. The number of anilines is 4. The minimum Gasteiger partial charge on any atom is -0.496 e. The van der Waals surface area contributed by atoms with Crippen molar-refractivity contribution in [3.63, 3.8) is 0 Å². The van der Waals surface area contributed by atoms with E-state index in [-0.39, 0.29) is 35.9 Å². The van der Waals surface area contributed by atoms with Crippen molar-refractivity contribution >= 4 is 58.1 Å². The van der Waals surface area contributed by atoms with Gasteiger partial charge in [-0.1, -0.05) is 6.07 Å². The van der Waals surface area contributed by atoms with Crippen molar-refractivity contribution in [1.29, 1.82) is 0 Å². The summed E-state index contributed by atoms with van der Waals surface area (Å²) in [7, 11) is 3.17. The highest BCUT2D eigenvalue weighted by Crippen LogP contribution is 2.31. The predicted octanol–water partition coefficient (Wildman–Crippen LogP) is 5.31. The molecule has 0 fully saturated rings. The van der Waals surface area contributed by atoms with Gasteiger partial charge in [0.2, 0.25) is 17.8 Å². The minimum atomic E-state index is -4.45. The van der Waals surface area contributed by atoms with Gasteiger partial charge in [-0.3, -0.25) is 0 Å². The van der Waals surface area contributed by atoms with E-state index in [9.17, 15) is 13.2 Å². The van der Waals surface area contributed by atoms with E-state index < -0.39 is 11.7 Å². The first-order valence-electron chi connectivity index (χ1n) is 8.79. The Labute approximate surface area is 196 Å². The zero-order chi connectivity index (χ0) is 22.4. The number of aromatic nitrogens is 3. The van der Waals surface area contributed by atoms with Crippen LogP contribution in [0.4, 0.5) is 36.7 Å². The maximum atomic E-state index is 12.9. The highest BCUT2D eigenvalue weighted by Gasteiger charge is 2.30. The molecule has 0 saturated carbocycles. The number of nitrogens with zero attached hydrogens (tertiary/aromatic N) is 4. The summed E-state index contributed by atoms with van der Waals surface area (Å²) in [5.74, 6) is 1.03. The first kappa shape index (κ1) is 25.1. The van der Waals surface area contributed by atoms with Crippen molar-refractivity contribution in [3.8, 4) is 5.75 Å². The fourth-order valence-electron chi connectivity index (χ4n) is 2.42. The van der Waals surface area contributed by atoms with Crippen molar-refractivity contribution in [2.75, 3.05) is 30.2 Å². The summed E-state index contributed by atoms with van der Waals surface area (Å²) >= 11 is 3.39. The summed E-state index contributed by atoms with van der Waals surface area (Å²) in [5.41, 5.74) is 2.86. The molecule has 0 aliphatic carbocycles. The Morgan fingerprint density at radius 3 is 2.41 bits per heavy atom. The SMILES string of the molecule is CNc1nc(NN=Cc2ccc(OC)c(Br)c2)nc(Nc2cccc(C(F)(F)F)c2)n1.Cl. The summed E-state index contributed by atoms with van der Waals surface area (Å²) < 4.78 is 44.7. The molecule has 3 rings (SSSR count). The third kappa shape index (κ3) is 6.69. The van der Waals surface area contributed by atoms with Gasteiger partial charge in [-0.25, -0.2) is 5.43 Å². The molecule has 8 nitrogen and oxygen atoms in total. The maximum Gasteiger partial charge on any atom is 0.416 e. The number of hydrogen-bond acceptors (Lipinski definition) is 8. The average Bonchev–Trinajstić information content (AvgIpc) is 2.73. The van der Waals surface area contributed by atoms with Crippen LogP contribution in [0.5, 0.6) is 5.75 Å². The summed E-state index contributed by atoms with van der Waals surface area (Å²) in [5, 5.41) is 9.59. The monoisotopic (exact) mass is 531 g/mol. The lowest BCUT2D eigenvalue weighted by molar-refractivity contribution is -0.137. The van der Waals surface area contributed by atoms with Crippen LogP contribution in [0, 0.1) is 0 Å². The van der Waals surface area contributed by atoms with Crippen LogP contribution in [0.15, 0.2) is 52.0 Å². The zero-order valence-electron chi connectivity index (χ0n) is 16.7. The number of halogens is 5. The van der Waals surface area contributed by atoms with Crippen LogP contribution >= 0.6 is 28.3 Å². The molecule has 0 saturated heterocycles. The van der Waals surface area contributed by atoms with Crippen molar-refractivity contribution in [2.24, 2.45) is 5.10 Å². The van der Waals surface area contributed by atoms with Crippen LogP contribution in [0.25, 0.3) is 0 Å². The van der Waals surface area contributed by atoms with Gasteiger partial charge < -0.3 is 15.4 Å². The molecule has 0 bridgehead atoms. The Hall–Kier alpha value is -3.12. The molecule has 170 valence electrons. The third-order valence-electron chi connectivity index (χ3n) is 3.86. The van der Waals surface area contributed by atoms with Crippen LogP contribution in [0.2, 0.25) is 0 Å². The minimum absolute atomic E-state index is 0. The summed E-state index contributed by atoms with van der Waals surface area (Å²) in [4.78, 5) is 12.4. The van der Waals surface area contributed by atoms with E-state index >= 15 is 0 Å². The van der Waals surface area contributed by atoms with E-state index in [1.54, 1.807) is 26.4 Å². The molecule has 3 aromatic rings. The van der Waals surface area contributed by atoms with E-state index in [0.29, 0.717) is 5.75 Å². The summed E-state index contributed by atoms with van der Waals surface area (Å²) in [6, 6.07) is 10.1. The van der Waals surface area contributed by atoms with Gasteiger partial charge in [-0.2, -0.15) is 33.2 Å². The van der Waals surface area contributed by atoms with Crippen LogP contribution in [0.1, 0.15) is 11.1 Å². The Bertz CT molecular complexity index is 1100. The van der Waals surface area contributed by atoms with Gasteiger partial charge in [-0.15, -0.1) is 12.4 Å². The zero-order valence-corrected chi connectivity index (χ0v) is 19.1. The highest BCUT2D eigenvalue weighted by molar-refractivity contribution is 9.10. The van der Waals surface area contributed by atoms with Gasteiger partial charge in [0.05, 0.1) is 23.4 Å². The first-order chi connectivity index (χ1) is 14.8. The molecule has 0 aliphatic rings. The normalized spacial score (nSPS) is 11.1. The van der Waals surface area contributed by atoms with E-state index in [4.69, 9.17) is 4.74 Å². The number of rotatable bonds is 7. The second-order valence-electron chi connectivity index (χ2n) is 6.02. The molecule has 3 N–H and O–H groups in total. The Kier molecular flexibility index (Phi) is 8.61. The fraction of sp³-hybridized carbons (Fsp3) is 0.158. The largest absolute Gasteiger partial charge is 0.496 e. The topological polar surface area (TPSA) is 96.4 Å². The Morgan fingerprint density at radius 1 is 1.03 bits per heavy atom. The van der Waals surface area contributed by atoms with E-state index in [1.165, 1.54) is 12.1 Å². The van der Waals surface area contributed by atoms with Crippen molar-refractivity contribution in [2.45, 2.75) is 6.18 Å². The van der Waals surface area contributed by atoms with Crippen LogP contribution in [0.3, 0.4) is 0 Å². The Morgan fingerprint density at radius 2 is 1.75 bits per heavy atom. The summed E-state index contributed by atoms with van der Waals surface area (Å²) in [6.07, 6.45) is -2.91. The molecule has 1 heterocycles. The molecule has 0 spiro atoms. The van der Waals surface area contributed by atoms with Crippen molar-refractivity contribution in [3.05, 3.63) is 58.1 Å². The van der Waals surface area contributed by atoms with Crippen molar-refractivity contribution in [1.82, 2.24) is 15.0 Å². The van der Waals surface area contributed by atoms with Crippen LogP contribution < -0.4 is 20.8 Å². The third-order valence-corrected chi connectivity index (χ3v) is 4.48. The molecular formula is C19H18BrClF3N7O. The first-order valence-corrected chi connectivity index (χ1v) is 9.58. The van der Waals surface area contributed by atoms with E-state index in [2.05, 4.69) is 52.0 Å². The van der Waals surface area contributed by atoms with Crippen molar-refractivity contribution < 1.29 is 17.9 Å². The molecule has 0 atom stereocenters. The number of benzene rings is 2. The molecule has 0 radical (unpaired) electrons. The smallest absolute Gasteiger partial charge is 0.416 e. The lowest BCUT2D eigenvalue weighted by Gasteiger charge is -2.11. The number of methoxy groups -OCH3 is 1. The predicted molar refractivity (Wildman–Crippen MR) is 123 cm³/mol. The van der Waals surface area contributed by atoms with Gasteiger partial charge in [-0.05, 0) is 57.9 Å². The average molecular weight is 533 g/mol. The standard InChI is InChI=1S/C19H17BrF3N7O.ClH/c1-24-16-27-17(26-13-5-3-4-12(9-13)19(21,22)23)29-18(28-16)30-25-10-11-6-7-15(31-2)14(20)8-11;/h3-10H,1-2H3,(H3,24,26,27,28,29,30);1H. The molecule has 2 aromatic carbocycles. The quantitative estimate of drug-likeness (QED) is 0.280. The molecule has 0 unspecified atom stereocenters. The van der Waals surface area contributed by atoms with Gasteiger partial charge >= 0.3 is 6.18 Å². The molecule has 13 heteroatoms. The van der Waals surface area contributed by atoms with Crippen LogP contribution in [-0.4, -0.2) is 35.3 Å². The highest BCUT2D eigenvalue weighted by atomic mass is 79.9. The Balaban J connectivity index is 0.00000363. The second-order valence-corrected chi connectivity index (χ2v) is 6.88. The lowest BCUT2D eigenvalue weighted by atomic mass is 10.2. The van der Waals surface area contributed by atoms with Gasteiger partial charge in [0, 0.05) is 12.7 Å². The fourth-order valence-corrected chi connectivity index (χ4v) is 2.98. The van der Waals surface area contributed by atoms with Gasteiger partial charge in [0.25, 0.3) is 0 Å². The van der Waals surface area contributed by atoms with Gasteiger partial charge in [0.15, 0.2) is 0 Å². The number of hydrogen-bond donors (Lipinski definition) is 3. The second kappa shape index (κ2) is 11.0.